The van der Waals surface area contributed by atoms with Crippen molar-refractivity contribution < 1.29 is 28.7 Å². The maximum absolute atomic E-state index is 13.6. The maximum Gasteiger partial charge on any atom is 0.407 e. The molecule has 5 aromatic rings. The molecule has 0 saturated carbocycles. The van der Waals surface area contributed by atoms with E-state index >= 15 is 0 Å². The summed E-state index contributed by atoms with van der Waals surface area (Å²) in [5.41, 5.74) is 7.84. The summed E-state index contributed by atoms with van der Waals surface area (Å²) in [7, 11) is 2.58. The molecule has 2 unspecified atom stereocenters. The van der Waals surface area contributed by atoms with Crippen LogP contribution in [0.1, 0.15) is 77.1 Å². The molecule has 2 aliphatic heterocycles. The van der Waals surface area contributed by atoms with Gasteiger partial charge in [0.2, 0.25) is 11.8 Å². The highest BCUT2D eigenvalue weighted by atomic mass is 16.5. The molecule has 7 rings (SSSR count). The molecule has 4 heterocycles. The van der Waals surface area contributed by atoms with Gasteiger partial charge in [-0.3, -0.25) is 9.59 Å². The Kier molecular flexibility index (Phi) is 11.8. The number of fused-ring (bicyclic) bond motifs is 1. The molecule has 14 heteroatoms. The molecule has 3 aromatic carbocycles. The minimum absolute atomic E-state index is 0.104. The normalized spacial score (nSPS) is 17.8. The smallest absolute Gasteiger partial charge is 0.407 e. The van der Waals surface area contributed by atoms with Gasteiger partial charge in [0.15, 0.2) is 0 Å². The minimum Gasteiger partial charge on any atom is -0.453 e. The molecule has 4 atom stereocenters. The number of rotatable bonds is 11. The van der Waals surface area contributed by atoms with Crippen LogP contribution in [0.25, 0.3) is 44.5 Å². The molecule has 0 bridgehead atoms. The molecule has 2 aromatic heterocycles. The Morgan fingerprint density at radius 3 is 1.62 bits per heavy atom. The number of imidazole rings is 2. The lowest BCUT2D eigenvalue weighted by Gasteiger charge is -2.30. The van der Waals surface area contributed by atoms with Gasteiger partial charge in [-0.1, -0.05) is 82.3 Å². The minimum atomic E-state index is -0.689. The number of ether oxygens (including phenoxy) is 2. The highest BCUT2D eigenvalue weighted by Crippen LogP contribution is 2.35. The van der Waals surface area contributed by atoms with Crippen molar-refractivity contribution in [2.75, 3.05) is 27.3 Å². The van der Waals surface area contributed by atoms with Crippen LogP contribution < -0.4 is 10.6 Å². The van der Waals surface area contributed by atoms with Crippen LogP contribution in [0.2, 0.25) is 0 Å². The van der Waals surface area contributed by atoms with E-state index in [1.807, 2.05) is 49.8 Å². The van der Waals surface area contributed by atoms with Crippen molar-refractivity contribution in [3.05, 3.63) is 84.6 Å². The SMILES string of the molecule is COC(=O)N[C@H](C(=O)N1CCCC1c1ncc(-c2ccc(-c3ccc(-c4ccc5nc(C6CCCN6C(=O)[C@@H](NC(=O)OC)C(C)C)[nH]c5c4)cc3)cc2)[nH]1)C(C)C. The third kappa shape index (κ3) is 8.27. The zero-order valence-corrected chi connectivity index (χ0v) is 33.9. The first-order valence-electron chi connectivity index (χ1n) is 20.0. The topological polar surface area (TPSA) is 175 Å². The quantitative estimate of drug-likeness (QED) is 0.107. The van der Waals surface area contributed by atoms with Crippen LogP contribution in [-0.4, -0.2) is 93.1 Å². The lowest BCUT2D eigenvalue weighted by atomic mass is 9.99. The average Bonchev–Trinajstić information content (AvgIpc) is 4.07. The fourth-order valence-electron chi connectivity index (χ4n) is 8.10. The van der Waals surface area contributed by atoms with E-state index in [1.165, 1.54) is 14.2 Å². The first-order chi connectivity index (χ1) is 27.9. The second kappa shape index (κ2) is 17.1. The molecule has 0 spiro atoms. The predicted molar refractivity (Wildman–Crippen MR) is 220 cm³/mol. The number of methoxy groups -OCH3 is 2. The van der Waals surface area contributed by atoms with Crippen molar-refractivity contribution >= 4 is 35.0 Å². The molecule has 2 aliphatic rings. The summed E-state index contributed by atoms with van der Waals surface area (Å²) >= 11 is 0. The van der Waals surface area contributed by atoms with Gasteiger partial charge in [0.25, 0.3) is 0 Å². The molecule has 0 aliphatic carbocycles. The van der Waals surface area contributed by atoms with E-state index in [0.29, 0.717) is 13.1 Å². The maximum atomic E-state index is 13.6. The zero-order valence-electron chi connectivity index (χ0n) is 33.9. The summed E-state index contributed by atoms with van der Waals surface area (Å²) in [5.74, 6) is 0.985. The number of nitrogens with zero attached hydrogens (tertiary/aromatic N) is 4. The number of amides is 4. The van der Waals surface area contributed by atoms with E-state index in [1.54, 1.807) is 0 Å². The summed E-state index contributed by atoms with van der Waals surface area (Å²) in [4.78, 5) is 71.2. The molecule has 14 nitrogen and oxygen atoms in total. The van der Waals surface area contributed by atoms with Crippen molar-refractivity contribution in [3.63, 3.8) is 0 Å². The first kappa shape index (κ1) is 40.0. The summed E-state index contributed by atoms with van der Waals surface area (Å²) in [5, 5.41) is 5.40. The molecule has 58 heavy (non-hydrogen) atoms. The molecule has 4 N–H and O–H groups in total. The lowest BCUT2D eigenvalue weighted by Crippen LogP contribution is -2.51. The van der Waals surface area contributed by atoms with Gasteiger partial charge in [-0.2, -0.15) is 0 Å². The van der Waals surface area contributed by atoms with E-state index in [0.717, 1.165) is 81.9 Å². The van der Waals surface area contributed by atoms with E-state index in [9.17, 15) is 19.2 Å². The van der Waals surface area contributed by atoms with Crippen LogP contribution >= 0.6 is 0 Å². The number of aromatic nitrogens is 4. The Hall–Kier alpha value is -6.18. The van der Waals surface area contributed by atoms with Crippen LogP contribution in [-0.2, 0) is 19.1 Å². The fourth-order valence-corrected chi connectivity index (χ4v) is 8.10. The molecular weight excluding hydrogens is 737 g/mol. The molecule has 304 valence electrons. The first-order valence-corrected chi connectivity index (χ1v) is 20.0. The highest BCUT2D eigenvalue weighted by molar-refractivity contribution is 5.88. The van der Waals surface area contributed by atoms with Gasteiger partial charge in [0.1, 0.15) is 23.7 Å². The highest BCUT2D eigenvalue weighted by Gasteiger charge is 2.39. The monoisotopic (exact) mass is 788 g/mol. The average molecular weight is 789 g/mol. The van der Waals surface area contributed by atoms with Gasteiger partial charge in [0, 0.05) is 13.1 Å². The number of benzene rings is 3. The summed E-state index contributed by atoms with van der Waals surface area (Å²) < 4.78 is 9.53. The number of likely N-dealkylation sites (tertiary alicyclic amines) is 2. The Morgan fingerprint density at radius 2 is 1.12 bits per heavy atom. The molecule has 0 radical (unpaired) electrons. The Bertz CT molecular complexity index is 2260. The largest absolute Gasteiger partial charge is 0.453 e. The molecule has 4 amide bonds. The Morgan fingerprint density at radius 1 is 0.655 bits per heavy atom. The van der Waals surface area contributed by atoms with Gasteiger partial charge < -0.3 is 39.9 Å². The standard InChI is InChI=1S/C44H52N8O6/c1-25(2)37(49-43(55)57-5)41(53)51-21-7-9-35(51)39-45-24-34(48-39)30-17-15-28(16-18-30)27-11-13-29(14-12-27)31-19-20-32-33(23-31)47-40(46-32)36-10-8-22-52(36)42(54)38(26(3)4)50-44(56)58-6/h11-20,23-26,35-38H,7-10,21-22H2,1-6H3,(H,45,48)(H,46,47)(H,49,55)(H,50,56)/t35?,36?,37-,38-/m0/s1. The van der Waals surface area contributed by atoms with E-state index < -0.39 is 24.3 Å². The van der Waals surface area contributed by atoms with Crippen LogP contribution in [0, 0.1) is 11.8 Å². The van der Waals surface area contributed by atoms with Gasteiger partial charge in [-0.25, -0.2) is 19.6 Å². The number of H-pyrrole nitrogens is 2. The fraction of sp³-hybridized carbons (Fsp3) is 0.409. The van der Waals surface area contributed by atoms with Crippen molar-refractivity contribution in [2.45, 2.75) is 77.5 Å². The Balaban J connectivity index is 1.02. The van der Waals surface area contributed by atoms with E-state index in [2.05, 4.69) is 86.2 Å². The summed E-state index contributed by atoms with van der Waals surface area (Å²) in [6.45, 7) is 8.81. The van der Waals surface area contributed by atoms with Gasteiger partial charge >= 0.3 is 12.2 Å². The second-order valence-electron chi connectivity index (χ2n) is 15.8. The number of hydrogen-bond acceptors (Lipinski definition) is 8. The lowest BCUT2D eigenvalue weighted by molar-refractivity contribution is -0.136. The van der Waals surface area contributed by atoms with E-state index in [-0.39, 0.29) is 35.7 Å². The van der Waals surface area contributed by atoms with Crippen LogP contribution in [0.4, 0.5) is 9.59 Å². The van der Waals surface area contributed by atoms with Crippen LogP contribution in [0.15, 0.2) is 72.9 Å². The summed E-state index contributed by atoms with van der Waals surface area (Å²) in [6.07, 6.45) is 3.83. The van der Waals surface area contributed by atoms with Gasteiger partial charge in [0.05, 0.1) is 49.2 Å². The Labute approximate surface area is 338 Å². The second-order valence-corrected chi connectivity index (χ2v) is 15.8. The van der Waals surface area contributed by atoms with Crippen molar-refractivity contribution in [3.8, 4) is 33.5 Å². The van der Waals surface area contributed by atoms with Gasteiger partial charge in [-0.05, 0) is 77.5 Å². The summed E-state index contributed by atoms with van der Waals surface area (Å²) in [6, 6.07) is 21.1. The molecular formula is C44H52N8O6. The van der Waals surface area contributed by atoms with Crippen LogP contribution in [0.5, 0.6) is 0 Å². The van der Waals surface area contributed by atoms with Crippen molar-refractivity contribution in [1.29, 1.82) is 0 Å². The van der Waals surface area contributed by atoms with Gasteiger partial charge in [-0.15, -0.1) is 0 Å². The third-order valence-electron chi connectivity index (χ3n) is 11.3. The van der Waals surface area contributed by atoms with Crippen molar-refractivity contribution in [2.24, 2.45) is 11.8 Å². The third-order valence-corrected chi connectivity index (χ3v) is 11.3. The number of carbonyl (C=O) groups is 4. The number of nitrogens with one attached hydrogen (secondary N) is 4. The number of hydrogen-bond donors (Lipinski definition) is 4. The molecule has 2 saturated heterocycles. The number of carbonyl (C=O) groups excluding carboxylic acids is 4. The molecule has 2 fully saturated rings. The predicted octanol–water partition coefficient (Wildman–Crippen LogP) is 7.38. The van der Waals surface area contributed by atoms with E-state index in [4.69, 9.17) is 14.5 Å². The zero-order chi connectivity index (χ0) is 41.1. The number of aromatic amines is 2. The van der Waals surface area contributed by atoms with Crippen molar-refractivity contribution in [1.82, 2.24) is 40.4 Å². The van der Waals surface area contributed by atoms with Crippen LogP contribution in [0.3, 0.4) is 0 Å². The number of alkyl carbamates (subject to hydrolysis) is 2.